The highest BCUT2D eigenvalue weighted by atomic mass is 32.9. The van der Waals surface area contributed by atoms with Crippen LogP contribution in [0.4, 0.5) is 5.69 Å². The van der Waals surface area contributed by atoms with Gasteiger partial charge in [-0.1, -0.05) is 75.4 Å². The zero-order valence-corrected chi connectivity index (χ0v) is 24.4. The van der Waals surface area contributed by atoms with Crippen LogP contribution in [0.1, 0.15) is 56.1 Å². The molecule has 0 bridgehead atoms. The summed E-state index contributed by atoms with van der Waals surface area (Å²) in [7, 11) is 3.13. The van der Waals surface area contributed by atoms with E-state index in [1.165, 1.54) is 15.2 Å². The molecule has 5 nitrogen and oxygen atoms in total. The summed E-state index contributed by atoms with van der Waals surface area (Å²) in [5, 5.41) is 0. The number of anilines is 1. The van der Waals surface area contributed by atoms with Gasteiger partial charge in [-0.05, 0) is 68.7 Å². The van der Waals surface area contributed by atoms with E-state index in [9.17, 15) is 14.4 Å². The highest BCUT2D eigenvalue weighted by Gasteiger charge is 2.49. The van der Waals surface area contributed by atoms with Crippen molar-refractivity contribution in [3.05, 3.63) is 103 Å². The number of benzene rings is 3. The maximum absolute atomic E-state index is 14.9. The van der Waals surface area contributed by atoms with Gasteiger partial charge in [-0.15, -0.1) is 0 Å². The van der Waals surface area contributed by atoms with E-state index in [0.29, 0.717) is 11.1 Å². The van der Waals surface area contributed by atoms with Crippen LogP contribution in [0.3, 0.4) is 0 Å². The lowest BCUT2D eigenvalue weighted by Gasteiger charge is -2.45. The Kier molecular flexibility index (Phi) is 6.17. The molecule has 0 saturated heterocycles. The van der Waals surface area contributed by atoms with E-state index in [4.69, 9.17) is 12.2 Å². The lowest BCUT2D eigenvalue weighted by Crippen LogP contribution is -2.57. The first-order valence-corrected chi connectivity index (χ1v) is 15.3. The summed E-state index contributed by atoms with van der Waals surface area (Å²) in [6.45, 7) is 8.11. The number of carbonyl (C=O) groups excluding carboxylic acids is 3. The highest BCUT2D eigenvalue weighted by molar-refractivity contribution is 7.80. The number of hydrogen-bond donors (Lipinski definition) is 0. The van der Waals surface area contributed by atoms with E-state index in [0.717, 1.165) is 42.2 Å². The van der Waals surface area contributed by atoms with Crippen molar-refractivity contribution in [2.24, 2.45) is 0 Å². The van der Waals surface area contributed by atoms with Crippen molar-refractivity contribution >= 4 is 56.3 Å². The van der Waals surface area contributed by atoms with Crippen LogP contribution in [0.15, 0.2) is 66.7 Å². The summed E-state index contributed by atoms with van der Waals surface area (Å²) >= 11 is 5.76. The van der Waals surface area contributed by atoms with Crippen molar-refractivity contribution in [2.75, 3.05) is 4.90 Å². The molecule has 8 heteroatoms. The predicted octanol–water partition coefficient (Wildman–Crippen LogP) is 7.31. The summed E-state index contributed by atoms with van der Waals surface area (Å²) < 4.78 is 0.806. The van der Waals surface area contributed by atoms with E-state index in [1.54, 1.807) is 39.5 Å². The lowest BCUT2D eigenvalue weighted by molar-refractivity contribution is -0.123. The second-order valence-corrected chi connectivity index (χ2v) is 13.4. The molecule has 1 aromatic heterocycles. The van der Waals surface area contributed by atoms with E-state index in [-0.39, 0.29) is 12.3 Å². The molecule has 0 aliphatic carbocycles. The van der Waals surface area contributed by atoms with Crippen LogP contribution >= 0.6 is 32.9 Å². The Hall–Kier alpha value is -3.46. The molecule has 4 aromatic rings. The van der Waals surface area contributed by atoms with Crippen molar-refractivity contribution in [3.63, 3.8) is 0 Å². The fourth-order valence-electron chi connectivity index (χ4n) is 5.65. The Morgan fingerprint density at radius 3 is 2.10 bits per heavy atom. The Bertz CT molecular complexity index is 1700. The van der Waals surface area contributed by atoms with Gasteiger partial charge in [0.1, 0.15) is 9.87 Å². The minimum atomic E-state index is -1.03. The smallest absolute Gasteiger partial charge is 0.262 e. The first-order valence-electron chi connectivity index (χ1n) is 12.7. The van der Waals surface area contributed by atoms with Crippen molar-refractivity contribution in [1.82, 2.24) is 4.90 Å². The van der Waals surface area contributed by atoms with Gasteiger partial charge < -0.3 is 0 Å². The molecule has 3 amide bonds. The third-order valence-corrected chi connectivity index (χ3v) is 11.1. The summed E-state index contributed by atoms with van der Waals surface area (Å²) in [5.41, 5.74) is 5.63. The van der Waals surface area contributed by atoms with Crippen LogP contribution in [-0.2, 0) is 16.8 Å². The number of hydrogen-bond acceptors (Lipinski definition) is 6. The number of imide groups is 1. The standard InChI is InChI=1S/C31H26N2O3S3/c1-17-14-22-23(15-18(17)2)33(31(3,4)26-25(22)30(37)39-38-26)29(36)24(16-19-10-6-5-7-11-19)32-27(34)20-12-8-9-13-21(20)28(32)35/h5-15,24H,16H2,1-4H3. The fourth-order valence-corrected chi connectivity index (χ4v) is 8.93. The van der Waals surface area contributed by atoms with Crippen LogP contribution in [0.25, 0.3) is 11.1 Å². The molecular formula is C31H26N2O3S3. The number of fused-ring (bicyclic) bond motifs is 4. The van der Waals surface area contributed by atoms with Crippen LogP contribution < -0.4 is 4.90 Å². The van der Waals surface area contributed by atoms with E-state index < -0.39 is 23.4 Å². The first kappa shape index (κ1) is 25.8. The maximum Gasteiger partial charge on any atom is 0.262 e. The summed E-state index contributed by atoms with van der Waals surface area (Å²) in [5.74, 6) is -1.17. The maximum atomic E-state index is 14.9. The Balaban J connectivity index is 1.54. The number of rotatable bonds is 4. The number of carbonyl (C=O) groups is 3. The van der Waals surface area contributed by atoms with Gasteiger partial charge in [0.15, 0.2) is 0 Å². The molecule has 3 heterocycles. The summed E-state index contributed by atoms with van der Waals surface area (Å²) in [4.78, 5) is 46.2. The summed E-state index contributed by atoms with van der Waals surface area (Å²) in [6.07, 6.45) is 0.212. The number of amides is 3. The zero-order chi connectivity index (χ0) is 27.6. The molecular weight excluding hydrogens is 545 g/mol. The number of nitrogens with zero attached hydrogens (tertiary/aromatic N) is 2. The lowest BCUT2D eigenvalue weighted by atomic mass is 9.85. The monoisotopic (exact) mass is 570 g/mol. The predicted molar refractivity (Wildman–Crippen MR) is 159 cm³/mol. The minimum Gasteiger partial charge on any atom is -0.299 e. The topological polar surface area (TPSA) is 57.7 Å². The third-order valence-electron chi connectivity index (χ3n) is 7.78. The Morgan fingerprint density at radius 1 is 0.872 bits per heavy atom. The molecule has 3 aromatic carbocycles. The molecule has 2 aliphatic heterocycles. The molecule has 0 N–H and O–H groups in total. The van der Waals surface area contributed by atoms with Gasteiger partial charge in [-0.2, -0.15) is 0 Å². The minimum absolute atomic E-state index is 0.212. The Labute approximate surface area is 239 Å². The SMILES string of the molecule is Cc1cc2c(cc1C)N(C(=O)C(Cc1ccccc1)N1C(=O)c3ccccc3C1=O)C(C)(C)c1ssc(=S)c1-2. The van der Waals surface area contributed by atoms with Gasteiger partial charge in [0, 0.05) is 17.5 Å². The molecule has 6 rings (SSSR count). The van der Waals surface area contributed by atoms with Crippen LogP contribution in [-0.4, -0.2) is 28.7 Å². The van der Waals surface area contributed by atoms with Gasteiger partial charge in [-0.3, -0.25) is 24.2 Å². The van der Waals surface area contributed by atoms with E-state index in [1.807, 2.05) is 57.2 Å². The molecule has 0 saturated carbocycles. The molecule has 2 aliphatic rings. The van der Waals surface area contributed by atoms with Gasteiger partial charge in [-0.25, -0.2) is 0 Å². The number of aryl methyl sites for hydroxylation is 2. The van der Waals surface area contributed by atoms with Gasteiger partial charge in [0.05, 0.1) is 27.2 Å². The van der Waals surface area contributed by atoms with Crippen molar-refractivity contribution < 1.29 is 14.4 Å². The van der Waals surface area contributed by atoms with Crippen molar-refractivity contribution in [2.45, 2.75) is 45.7 Å². The fraction of sp³-hybridized carbons (Fsp3) is 0.226. The second-order valence-electron chi connectivity index (χ2n) is 10.6. The summed E-state index contributed by atoms with van der Waals surface area (Å²) in [6, 6.07) is 19.4. The first-order chi connectivity index (χ1) is 18.6. The Morgan fingerprint density at radius 2 is 1.46 bits per heavy atom. The average Bonchev–Trinajstić information content (AvgIpc) is 3.43. The molecule has 196 valence electrons. The quantitative estimate of drug-likeness (QED) is 0.147. The van der Waals surface area contributed by atoms with Gasteiger partial charge in [0.25, 0.3) is 17.7 Å². The molecule has 0 spiro atoms. The molecule has 0 radical (unpaired) electrons. The van der Waals surface area contributed by atoms with E-state index in [2.05, 4.69) is 13.0 Å². The third kappa shape index (κ3) is 3.92. The van der Waals surface area contributed by atoms with Crippen molar-refractivity contribution in [1.29, 1.82) is 0 Å². The van der Waals surface area contributed by atoms with Gasteiger partial charge in [0.2, 0.25) is 0 Å². The zero-order valence-electron chi connectivity index (χ0n) is 22.0. The van der Waals surface area contributed by atoms with Gasteiger partial charge >= 0.3 is 0 Å². The largest absolute Gasteiger partial charge is 0.299 e. The van der Waals surface area contributed by atoms with E-state index >= 15 is 0 Å². The molecule has 1 atom stereocenters. The van der Waals surface area contributed by atoms with Crippen LogP contribution in [0.5, 0.6) is 0 Å². The molecule has 1 unspecified atom stereocenters. The average molecular weight is 571 g/mol. The second kappa shape index (κ2) is 9.33. The molecule has 39 heavy (non-hydrogen) atoms. The highest BCUT2D eigenvalue weighted by Crippen LogP contribution is 2.53. The van der Waals surface area contributed by atoms with Crippen molar-refractivity contribution in [3.8, 4) is 11.1 Å². The van der Waals surface area contributed by atoms with Crippen LogP contribution in [0, 0.1) is 17.7 Å². The molecule has 0 fully saturated rings. The normalized spacial score (nSPS) is 16.1. The van der Waals surface area contributed by atoms with Crippen LogP contribution in [0.2, 0.25) is 0 Å².